The Hall–Kier alpha value is -1.34. The van der Waals surface area contributed by atoms with Crippen LogP contribution in [-0.4, -0.2) is 12.9 Å². The highest BCUT2D eigenvalue weighted by Crippen LogP contribution is 2.48. The lowest BCUT2D eigenvalue weighted by Crippen LogP contribution is -2.35. The molecule has 0 heterocycles. The van der Waals surface area contributed by atoms with E-state index in [2.05, 4.69) is 0 Å². The second kappa shape index (κ2) is 10.9. The van der Waals surface area contributed by atoms with Crippen molar-refractivity contribution in [3.63, 3.8) is 0 Å². The normalized spacial score (nSPS) is 27.0. The van der Waals surface area contributed by atoms with Crippen LogP contribution in [0.15, 0.2) is 12.1 Å². The quantitative estimate of drug-likeness (QED) is 0.255. The first-order chi connectivity index (χ1) is 15.5. The summed E-state index contributed by atoms with van der Waals surface area (Å²) in [5, 5.41) is 0. The zero-order chi connectivity index (χ0) is 24.2. The van der Waals surface area contributed by atoms with Gasteiger partial charge in [0.05, 0.1) is 6.67 Å². The topological polar surface area (TPSA) is 0 Å². The van der Waals surface area contributed by atoms with E-state index in [4.69, 9.17) is 0 Å². The van der Waals surface area contributed by atoms with Crippen LogP contribution in [0.2, 0.25) is 0 Å². The Labute approximate surface area is 190 Å². The summed E-state index contributed by atoms with van der Waals surface area (Å²) in [5.74, 6) is -7.70. The minimum atomic E-state index is -6.07. The molecule has 33 heavy (non-hydrogen) atoms. The van der Waals surface area contributed by atoms with Crippen LogP contribution in [0.1, 0.15) is 94.1 Å². The molecule has 0 radical (unpaired) electrons. The SMILES string of the molecule is FCCCCCC1CCC(C2CCC(c3cc(F)c(C(F)(F)C(F)(F)F)c(F)c3)CC2)CC1. The van der Waals surface area contributed by atoms with E-state index >= 15 is 0 Å². The largest absolute Gasteiger partial charge is 0.458 e. The lowest BCUT2D eigenvalue weighted by atomic mass is 9.68. The monoisotopic (exact) mass is 484 g/mol. The summed E-state index contributed by atoms with van der Waals surface area (Å²) in [5.41, 5.74) is -2.07. The van der Waals surface area contributed by atoms with Gasteiger partial charge in [0.1, 0.15) is 17.2 Å². The molecule has 0 bridgehead atoms. The number of rotatable bonds is 8. The Balaban J connectivity index is 1.53. The van der Waals surface area contributed by atoms with Crippen molar-refractivity contribution in [1.82, 2.24) is 0 Å². The molecule has 0 nitrogen and oxygen atoms in total. The predicted molar refractivity (Wildman–Crippen MR) is 111 cm³/mol. The van der Waals surface area contributed by atoms with Crippen molar-refractivity contribution in [2.75, 3.05) is 6.67 Å². The smallest absolute Gasteiger partial charge is 0.251 e. The Bertz CT molecular complexity index is 733. The third-order valence-corrected chi connectivity index (χ3v) is 7.78. The Kier molecular flexibility index (Phi) is 8.71. The molecular formula is C25H32F8. The van der Waals surface area contributed by atoms with Crippen LogP contribution in [0.5, 0.6) is 0 Å². The summed E-state index contributed by atoms with van der Waals surface area (Å²) in [7, 11) is 0. The molecule has 0 aliphatic heterocycles. The molecule has 188 valence electrons. The molecule has 2 saturated carbocycles. The fourth-order valence-electron chi connectivity index (χ4n) is 5.85. The van der Waals surface area contributed by atoms with Crippen LogP contribution in [0, 0.1) is 29.4 Å². The lowest BCUT2D eigenvalue weighted by molar-refractivity contribution is -0.291. The van der Waals surface area contributed by atoms with Crippen LogP contribution >= 0.6 is 0 Å². The van der Waals surface area contributed by atoms with Gasteiger partial charge in [0.15, 0.2) is 0 Å². The van der Waals surface area contributed by atoms with E-state index in [9.17, 15) is 35.1 Å². The van der Waals surface area contributed by atoms with Crippen molar-refractivity contribution in [2.24, 2.45) is 17.8 Å². The van der Waals surface area contributed by atoms with E-state index in [1.165, 1.54) is 12.8 Å². The summed E-state index contributed by atoms with van der Waals surface area (Å²) < 4.78 is 105. The molecule has 0 aromatic heterocycles. The first kappa shape index (κ1) is 26.3. The van der Waals surface area contributed by atoms with Gasteiger partial charge in [0.25, 0.3) is 0 Å². The highest BCUT2D eigenvalue weighted by Gasteiger charge is 2.61. The van der Waals surface area contributed by atoms with Crippen molar-refractivity contribution in [1.29, 1.82) is 0 Å². The van der Waals surface area contributed by atoms with Gasteiger partial charge in [-0.3, -0.25) is 4.39 Å². The number of halogens is 8. The first-order valence-electron chi connectivity index (χ1n) is 12.0. The molecule has 8 heteroatoms. The molecular weight excluding hydrogens is 452 g/mol. The summed E-state index contributed by atoms with van der Waals surface area (Å²) in [6, 6.07) is 1.30. The van der Waals surface area contributed by atoms with Crippen LogP contribution in [0.25, 0.3) is 0 Å². The molecule has 0 spiro atoms. The molecule has 0 saturated heterocycles. The molecule has 2 aliphatic carbocycles. The van der Waals surface area contributed by atoms with E-state index < -0.39 is 29.3 Å². The number of hydrogen-bond donors (Lipinski definition) is 0. The maximum absolute atomic E-state index is 14.2. The number of hydrogen-bond acceptors (Lipinski definition) is 0. The molecule has 1 aromatic carbocycles. The average molecular weight is 485 g/mol. The summed E-state index contributed by atoms with van der Waals surface area (Å²) in [6.07, 6.45) is 5.38. The van der Waals surface area contributed by atoms with Crippen molar-refractivity contribution in [3.8, 4) is 0 Å². The van der Waals surface area contributed by atoms with Gasteiger partial charge in [0.2, 0.25) is 0 Å². The second-order valence-corrected chi connectivity index (χ2v) is 9.86. The maximum atomic E-state index is 14.2. The molecule has 0 unspecified atom stereocenters. The average Bonchev–Trinajstić information content (AvgIpc) is 2.76. The van der Waals surface area contributed by atoms with Crippen molar-refractivity contribution in [2.45, 2.75) is 95.1 Å². The van der Waals surface area contributed by atoms with E-state index in [1.807, 2.05) is 0 Å². The standard InChI is InChI=1S/C25H32F8/c26-13-3-1-2-4-16-5-7-17(8-6-16)18-9-11-19(12-10-18)20-14-21(27)23(22(28)15-20)24(29,30)25(31,32)33/h14-19H,1-13H2. The molecule has 1 aromatic rings. The van der Waals surface area contributed by atoms with E-state index in [0.717, 1.165) is 44.9 Å². The minimum Gasteiger partial charge on any atom is -0.251 e. The first-order valence-corrected chi connectivity index (χ1v) is 12.0. The molecule has 2 fully saturated rings. The van der Waals surface area contributed by atoms with Crippen LogP contribution in [-0.2, 0) is 5.92 Å². The fourth-order valence-corrected chi connectivity index (χ4v) is 5.85. The molecule has 2 aliphatic rings. The maximum Gasteiger partial charge on any atom is 0.458 e. The third kappa shape index (κ3) is 6.21. The molecule has 0 amide bonds. The predicted octanol–water partition coefficient (Wildman–Crippen LogP) is 9.23. The number of alkyl halides is 6. The Morgan fingerprint density at radius 3 is 1.70 bits per heavy atom. The van der Waals surface area contributed by atoms with Gasteiger partial charge in [-0.1, -0.05) is 32.1 Å². The lowest BCUT2D eigenvalue weighted by Gasteiger charge is -2.38. The van der Waals surface area contributed by atoms with Gasteiger partial charge in [-0.05, 0) is 86.3 Å². The molecule has 3 rings (SSSR count). The van der Waals surface area contributed by atoms with Gasteiger partial charge in [0, 0.05) is 0 Å². The fraction of sp³-hybridized carbons (Fsp3) is 0.760. The zero-order valence-electron chi connectivity index (χ0n) is 18.7. The van der Waals surface area contributed by atoms with E-state index in [0.29, 0.717) is 49.1 Å². The van der Waals surface area contributed by atoms with Crippen molar-refractivity contribution >= 4 is 0 Å². The summed E-state index contributed by atoms with van der Waals surface area (Å²) in [6.45, 7) is -0.251. The van der Waals surface area contributed by atoms with Crippen molar-refractivity contribution < 1.29 is 35.1 Å². The Morgan fingerprint density at radius 2 is 1.21 bits per heavy atom. The van der Waals surface area contributed by atoms with Gasteiger partial charge in [-0.2, -0.15) is 22.0 Å². The third-order valence-electron chi connectivity index (χ3n) is 7.78. The van der Waals surface area contributed by atoms with Crippen LogP contribution in [0.3, 0.4) is 0 Å². The van der Waals surface area contributed by atoms with Gasteiger partial charge in [-0.25, -0.2) is 8.78 Å². The molecule has 0 atom stereocenters. The van der Waals surface area contributed by atoms with Gasteiger partial charge < -0.3 is 0 Å². The van der Waals surface area contributed by atoms with Crippen LogP contribution < -0.4 is 0 Å². The Morgan fingerprint density at radius 1 is 0.697 bits per heavy atom. The van der Waals surface area contributed by atoms with Crippen molar-refractivity contribution in [3.05, 3.63) is 34.9 Å². The number of benzene rings is 1. The molecule has 0 N–H and O–H groups in total. The van der Waals surface area contributed by atoms with Crippen LogP contribution in [0.4, 0.5) is 35.1 Å². The summed E-state index contributed by atoms with van der Waals surface area (Å²) >= 11 is 0. The van der Waals surface area contributed by atoms with Gasteiger partial charge in [-0.15, -0.1) is 0 Å². The van der Waals surface area contributed by atoms with Gasteiger partial charge >= 0.3 is 12.1 Å². The zero-order valence-corrected chi connectivity index (χ0v) is 18.7. The highest BCUT2D eigenvalue weighted by atomic mass is 19.4. The highest BCUT2D eigenvalue weighted by molar-refractivity contribution is 5.32. The summed E-state index contributed by atoms with van der Waals surface area (Å²) in [4.78, 5) is 0. The number of unbranched alkanes of at least 4 members (excludes halogenated alkanes) is 2. The van der Waals surface area contributed by atoms with E-state index in [1.54, 1.807) is 0 Å². The minimum absolute atomic E-state index is 0.155. The van der Waals surface area contributed by atoms with E-state index in [-0.39, 0.29) is 18.2 Å². The second-order valence-electron chi connectivity index (χ2n) is 9.86.